The lowest BCUT2D eigenvalue weighted by Crippen LogP contribution is -2.31. The summed E-state index contributed by atoms with van der Waals surface area (Å²) in [7, 11) is 1.58. The minimum Gasteiger partial charge on any atom is -0.495 e. The van der Waals surface area contributed by atoms with Crippen LogP contribution in [0.3, 0.4) is 0 Å². The third-order valence-corrected chi connectivity index (χ3v) is 3.83. The molecular weight excluding hydrogens is 374 g/mol. The number of anilines is 1. The average Bonchev–Trinajstić information content (AvgIpc) is 2.60. The van der Waals surface area contributed by atoms with E-state index in [1.807, 2.05) is 12.1 Å². The number of hydrazine groups is 1. The highest BCUT2D eigenvalue weighted by Crippen LogP contribution is 2.28. The van der Waals surface area contributed by atoms with E-state index in [9.17, 15) is 4.79 Å². The lowest BCUT2D eigenvalue weighted by molar-refractivity contribution is -0.120. The van der Waals surface area contributed by atoms with E-state index >= 15 is 0 Å². The number of halogens is 1. The van der Waals surface area contributed by atoms with E-state index in [0.29, 0.717) is 28.3 Å². The first-order chi connectivity index (χ1) is 11.7. The Kier molecular flexibility index (Phi) is 4.85. The largest absolute Gasteiger partial charge is 0.495 e. The topological polar surface area (TPSA) is 89.0 Å². The van der Waals surface area contributed by atoms with Crippen molar-refractivity contribution in [2.45, 2.75) is 6.42 Å². The van der Waals surface area contributed by atoms with Gasteiger partial charge in [-0.3, -0.25) is 25.6 Å². The Morgan fingerprint density at radius 3 is 2.88 bits per heavy atom. The normalized spacial score (nSPS) is 10.4. The molecule has 1 amide bonds. The second-order valence-corrected chi connectivity index (χ2v) is 5.76. The molecule has 0 saturated heterocycles. The van der Waals surface area contributed by atoms with E-state index in [2.05, 4.69) is 41.7 Å². The molecule has 8 heteroatoms. The van der Waals surface area contributed by atoms with Crippen LogP contribution in [0.25, 0.3) is 11.0 Å². The van der Waals surface area contributed by atoms with Crippen LogP contribution in [0.15, 0.2) is 47.2 Å². The molecule has 0 aliphatic rings. The van der Waals surface area contributed by atoms with Crippen molar-refractivity contribution in [3.63, 3.8) is 0 Å². The van der Waals surface area contributed by atoms with Crippen molar-refractivity contribution in [3.8, 4) is 5.75 Å². The van der Waals surface area contributed by atoms with E-state index < -0.39 is 0 Å². The highest BCUT2D eigenvalue weighted by molar-refractivity contribution is 9.10. The average molecular weight is 388 g/mol. The van der Waals surface area contributed by atoms with E-state index in [4.69, 9.17) is 4.74 Å². The molecule has 2 aromatic heterocycles. The summed E-state index contributed by atoms with van der Waals surface area (Å²) in [5, 5.41) is 0. The Hall–Kier alpha value is -2.74. The van der Waals surface area contributed by atoms with Crippen molar-refractivity contribution < 1.29 is 9.53 Å². The predicted octanol–water partition coefficient (Wildman–Crippen LogP) is 2.48. The minimum atomic E-state index is -0.219. The monoisotopic (exact) mass is 387 g/mol. The van der Waals surface area contributed by atoms with E-state index in [-0.39, 0.29) is 12.3 Å². The molecule has 122 valence electrons. The van der Waals surface area contributed by atoms with E-state index in [0.717, 1.165) is 4.47 Å². The summed E-state index contributed by atoms with van der Waals surface area (Å²) in [6.07, 6.45) is 3.37. The SMILES string of the molecule is COc1cc2nc(NNC(=O)Cc3ccccn3)cnc2cc1Br. The summed E-state index contributed by atoms with van der Waals surface area (Å²) in [5.74, 6) is 0.873. The number of hydrogen-bond donors (Lipinski definition) is 2. The van der Waals surface area contributed by atoms with Crippen molar-refractivity contribution >= 4 is 38.7 Å². The Morgan fingerprint density at radius 2 is 2.12 bits per heavy atom. The first-order valence-electron chi connectivity index (χ1n) is 7.11. The summed E-state index contributed by atoms with van der Waals surface area (Å²) in [6.45, 7) is 0. The molecule has 24 heavy (non-hydrogen) atoms. The van der Waals surface area contributed by atoms with Crippen LogP contribution in [0.4, 0.5) is 5.82 Å². The standard InChI is InChI=1S/C16H14BrN5O2/c1-24-14-8-13-12(7-11(14)17)19-9-15(20-13)21-22-16(23)6-10-4-2-3-5-18-10/h2-5,7-9H,6H2,1H3,(H,20,21)(H,22,23). The van der Waals surface area contributed by atoms with Gasteiger partial charge in [0.1, 0.15) is 5.75 Å². The molecule has 7 nitrogen and oxygen atoms in total. The molecule has 2 heterocycles. The number of ether oxygens (including phenoxy) is 1. The van der Waals surface area contributed by atoms with E-state index in [1.54, 1.807) is 37.7 Å². The van der Waals surface area contributed by atoms with Gasteiger partial charge in [0.25, 0.3) is 0 Å². The lowest BCUT2D eigenvalue weighted by atomic mass is 10.2. The van der Waals surface area contributed by atoms with Gasteiger partial charge in [-0.2, -0.15) is 0 Å². The minimum absolute atomic E-state index is 0.176. The van der Waals surface area contributed by atoms with Crippen molar-refractivity contribution in [2.24, 2.45) is 0 Å². The maximum absolute atomic E-state index is 11.9. The molecule has 0 bridgehead atoms. The summed E-state index contributed by atoms with van der Waals surface area (Å²) in [5.41, 5.74) is 7.39. The smallest absolute Gasteiger partial charge is 0.244 e. The number of amides is 1. The molecule has 3 rings (SSSR count). The third-order valence-electron chi connectivity index (χ3n) is 3.21. The maximum atomic E-state index is 11.9. The number of aromatic nitrogens is 3. The fraction of sp³-hybridized carbons (Fsp3) is 0.125. The van der Waals surface area contributed by atoms with Crippen LogP contribution in [0.2, 0.25) is 0 Å². The second kappa shape index (κ2) is 7.22. The highest BCUT2D eigenvalue weighted by atomic mass is 79.9. The number of fused-ring (bicyclic) bond motifs is 1. The van der Waals surface area contributed by atoms with Gasteiger partial charge in [0, 0.05) is 18.0 Å². The Bertz CT molecular complexity index is 873. The van der Waals surface area contributed by atoms with Gasteiger partial charge in [-0.05, 0) is 34.1 Å². The number of benzene rings is 1. The van der Waals surface area contributed by atoms with Crippen LogP contribution in [0.5, 0.6) is 5.75 Å². The van der Waals surface area contributed by atoms with Gasteiger partial charge >= 0.3 is 0 Å². The van der Waals surface area contributed by atoms with Gasteiger partial charge in [0.2, 0.25) is 5.91 Å². The number of rotatable bonds is 5. The van der Waals surface area contributed by atoms with Gasteiger partial charge in [0.15, 0.2) is 5.82 Å². The molecule has 1 aromatic carbocycles. The first-order valence-corrected chi connectivity index (χ1v) is 7.90. The van der Waals surface area contributed by atoms with Gasteiger partial charge in [0.05, 0.1) is 35.2 Å². The van der Waals surface area contributed by atoms with Crippen molar-refractivity contribution in [1.82, 2.24) is 20.4 Å². The Labute approximate surface area is 146 Å². The first kappa shape index (κ1) is 16.1. The van der Waals surface area contributed by atoms with Crippen molar-refractivity contribution in [3.05, 3.63) is 52.9 Å². The maximum Gasteiger partial charge on any atom is 0.244 e. The highest BCUT2D eigenvalue weighted by Gasteiger charge is 2.07. The van der Waals surface area contributed by atoms with Gasteiger partial charge in [-0.25, -0.2) is 4.98 Å². The second-order valence-electron chi connectivity index (χ2n) is 4.90. The zero-order valence-corrected chi connectivity index (χ0v) is 14.4. The van der Waals surface area contributed by atoms with Crippen LogP contribution in [-0.4, -0.2) is 28.0 Å². The molecule has 0 aliphatic carbocycles. The van der Waals surface area contributed by atoms with Gasteiger partial charge in [-0.15, -0.1) is 0 Å². The molecule has 3 aromatic rings. The van der Waals surface area contributed by atoms with E-state index in [1.165, 1.54) is 0 Å². The summed E-state index contributed by atoms with van der Waals surface area (Å²) < 4.78 is 6.05. The Balaban J connectivity index is 1.69. The quantitative estimate of drug-likeness (QED) is 0.653. The summed E-state index contributed by atoms with van der Waals surface area (Å²) >= 11 is 3.41. The van der Waals surface area contributed by atoms with Gasteiger partial charge < -0.3 is 4.74 Å². The molecule has 0 saturated carbocycles. The van der Waals surface area contributed by atoms with Gasteiger partial charge in [-0.1, -0.05) is 6.07 Å². The number of carbonyl (C=O) groups is 1. The molecule has 0 atom stereocenters. The number of pyridine rings is 1. The molecule has 0 spiro atoms. The molecule has 0 fully saturated rings. The number of nitrogens with zero attached hydrogens (tertiary/aromatic N) is 3. The number of hydrogen-bond acceptors (Lipinski definition) is 6. The van der Waals surface area contributed by atoms with Crippen LogP contribution in [0, 0.1) is 0 Å². The van der Waals surface area contributed by atoms with Crippen LogP contribution in [-0.2, 0) is 11.2 Å². The number of carbonyl (C=O) groups excluding carboxylic acids is 1. The molecule has 0 unspecified atom stereocenters. The van der Waals surface area contributed by atoms with Crippen molar-refractivity contribution in [2.75, 3.05) is 12.5 Å². The number of methoxy groups -OCH3 is 1. The summed E-state index contributed by atoms with van der Waals surface area (Å²) in [6, 6.07) is 9.03. The zero-order chi connectivity index (χ0) is 16.9. The van der Waals surface area contributed by atoms with Crippen molar-refractivity contribution in [1.29, 1.82) is 0 Å². The number of nitrogens with one attached hydrogen (secondary N) is 2. The summed E-state index contributed by atoms with van der Waals surface area (Å²) in [4.78, 5) is 24.7. The molecular formula is C16H14BrN5O2. The molecule has 2 N–H and O–H groups in total. The zero-order valence-electron chi connectivity index (χ0n) is 12.8. The van der Waals surface area contributed by atoms with Crippen LogP contribution < -0.4 is 15.6 Å². The predicted molar refractivity (Wildman–Crippen MR) is 93.5 cm³/mol. The fourth-order valence-electron chi connectivity index (χ4n) is 2.08. The van der Waals surface area contributed by atoms with Crippen LogP contribution in [0.1, 0.15) is 5.69 Å². The lowest BCUT2D eigenvalue weighted by Gasteiger charge is -2.09. The molecule has 0 radical (unpaired) electrons. The third kappa shape index (κ3) is 3.77. The molecule has 0 aliphatic heterocycles. The van der Waals surface area contributed by atoms with Crippen LogP contribution >= 0.6 is 15.9 Å². The Morgan fingerprint density at radius 1 is 1.25 bits per heavy atom. The fourth-order valence-corrected chi connectivity index (χ4v) is 2.57.